The van der Waals surface area contributed by atoms with E-state index in [1.807, 2.05) is 24.3 Å². The summed E-state index contributed by atoms with van der Waals surface area (Å²) in [6.07, 6.45) is 3.67. The number of anilines is 2. The Morgan fingerprint density at radius 2 is 1.72 bits per heavy atom. The highest BCUT2D eigenvalue weighted by atomic mass is 19.1. The van der Waals surface area contributed by atoms with Gasteiger partial charge in [-0.3, -0.25) is 4.79 Å². The van der Waals surface area contributed by atoms with Crippen LogP contribution in [0.5, 0.6) is 0 Å². The van der Waals surface area contributed by atoms with Crippen molar-refractivity contribution >= 4 is 17.3 Å². The fourth-order valence-corrected chi connectivity index (χ4v) is 3.36. The Morgan fingerprint density at radius 1 is 1.03 bits per heavy atom. The summed E-state index contributed by atoms with van der Waals surface area (Å²) in [5.74, 6) is -1.51. The standard InChI is InChI=1S/C21H21FN4O3/c22-16-6-4-15(5-7-16)20-24-26(21(28)29-20)14-19(27)23-17-8-10-18(11-9-17)25-12-2-1-3-13-25/h4-11H,1-3,12-14H2,(H,23,27). The summed E-state index contributed by atoms with van der Waals surface area (Å²) in [5, 5.41) is 6.77. The van der Waals surface area contributed by atoms with Gasteiger partial charge in [0.1, 0.15) is 12.4 Å². The number of nitrogens with one attached hydrogen (secondary N) is 1. The molecule has 4 rings (SSSR count). The first-order valence-electron chi connectivity index (χ1n) is 9.57. The number of nitrogens with zero attached hydrogens (tertiary/aromatic N) is 3. The molecule has 0 saturated carbocycles. The number of benzene rings is 2. The third-order valence-corrected chi connectivity index (χ3v) is 4.86. The van der Waals surface area contributed by atoms with Crippen LogP contribution in [0.15, 0.2) is 57.7 Å². The molecule has 8 heteroatoms. The number of halogens is 1. The second kappa shape index (κ2) is 8.30. The molecule has 1 aromatic heterocycles. The zero-order valence-electron chi connectivity index (χ0n) is 15.8. The Hall–Kier alpha value is -3.42. The van der Waals surface area contributed by atoms with Crippen molar-refractivity contribution in [2.75, 3.05) is 23.3 Å². The molecule has 0 radical (unpaired) electrons. The summed E-state index contributed by atoms with van der Waals surface area (Å²) in [4.78, 5) is 26.6. The molecule has 1 aliphatic rings. The predicted octanol–water partition coefficient (Wildman–Crippen LogP) is 3.27. The Labute approximate surface area is 166 Å². The second-order valence-corrected chi connectivity index (χ2v) is 6.98. The molecule has 2 aromatic carbocycles. The van der Waals surface area contributed by atoms with Gasteiger partial charge >= 0.3 is 5.76 Å². The van der Waals surface area contributed by atoms with Crippen molar-refractivity contribution < 1.29 is 13.6 Å². The molecule has 1 saturated heterocycles. The van der Waals surface area contributed by atoms with E-state index in [0.717, 1.165) is 23.5 Å². The van der Waals surface area contributed by atoms with Crippen molar-refractivity contribution in [3.63, 3.8) is 0 Å². The summed E-state index contributed by atoms with van der Waals surface area (Å²) in [7, 11) is 0. The van der Waals surface area contributed by atoms with Crippen LogP contribution < -0.4 is 16.0 Å². The smallest absolute Gasteiger partial charge is 0.388 e. The minimum absolute atomic E-state index is 0.0358. The maximum Gasteiger partial charge on any atom is 0.437 e. The molecule has 3 aromatic rings. The van der Waals surface area contributed by atoms with E-state index in [9.17, 15) is 14.0 Å². The van der Waals surface area contributed by atoms with Crippen LogP contribution in [0.2, 0.25) is 0 Å². The molecule has 0 unspecified atom stereocenters. The predicted molar refractivity (Wildman–Crippen MR) is 107 cm³/mol. The molecule has 29 heavy (non-hydrogen) atoms. The van der Waals surface area contributed by atoms with Crippen molar-refractivity contribution in [1.29, 1.82) is 0 Å². The lowest BCUT2D eigenvalue weighted by molar-refractivity contribution is -0.117. The topological polar surface area (TPSA) is 80.4 Å². The average Bonchev–Trinajstić information content (AvgIpc) is 3.10. The number of rotatable bonds is 5. The molecule has 1 aliphatic heterocycles. The molecular weight excluding hydrogens is 375 g/mol. The Balaban J connectivity index is 1.39. The maximum absolute atomic E-state index is 13.0. The first-order chi connectivity index (χ1) is 14.1. The fraction of sp³-hybridized carbons (Fsp3) is 0.286. The first kappa shape index (κ1) is 18.9. The number of aromatic nitrogens is 2. The zero-order valence-corrected chi connectivity index (χ0v) is 15.8. The summed E-state index contributed by atoms with van der Waals surface area (Å²) in [6.45, 7) is 1.83. The Morgan fingerprint density at radius 3 is 2.41 bits per heavy atom. The van der Waals surface area contributed by atoms with Crippen molar-refractivity contribution in [3.05, 3.63) is 64.9 Å². The average molecular weight is 396 g/mol. The van der Waals surface area contributed by atoms with Gasteiger partial charge in [0.05, 0.1) is 0 Å². The number of carbonyl (C=O) groups is 1. The van der Waals surface area contributed by atoms with Gasteiger partial charge in [0.2, 0.25) is 11.8 Å². The number of hydrogen-bond acceptors (Lipinski definition) is 5. The second-order valence-electron chi connectivity index (χ2n) is 6.98. The van der Waals surface area contributed by atoms with Crippen molar-refractivity contribution in [2.24, 2.45) is 0 Å². The molecule has 150 valence electrons. The van der Waals surface area contributed by atoms with Crippen LogP contribution in [-0.2, 0) is 11.3 Å². The van der Waals surface area contributed by atoms with Gasteiger partial charge in [0.25, 0.3) is 0 Å². The van der Waals surface area contributed by atoms with E-state index in [2.05, 4.69) is 15.3 Å². The normalized spacial score (nSPS) is 14.0. The highest BCUT2D eigenvalue weighted by Gasteiger charge is 2.14. The summed E-state index contributed by atoms with van der Waals surface area (Å²) in [5.41, 5.74) is 2.24. The largest absolute Gasteiger partial charge is 0.437 e. The number of carbonyl (C=O) groups excluding carboxylic acids is 1. The van der Waals surface area contributed by atoms with Crippen LogP contribution in [0.4, 0.5) is 15.8 Å². The van der Waals surface area contributed by atoms with Gasteiger partial charge in [-0.25, -0.2) is 9.18 Å². The lowest BCUT2D eigenvalue weighted by atomic mass is 10.1. The highest BCUT2D eigenvalue weighted by molar-refractivity contribution is 5.90. The molecule has 2 heterocycles. The van der Waals surface area contributed by atoms with E-state index in [4.69, 9.17) is 4.42 Å². The molecule has 1 amide bonds. The Kier molecular flexibility index (Phi) is 5.41. The minimum atomic E-state index is -0.750. The van der Waals surface area contributed by atoms with E-state index >= 15 is 0 Å². The van der Waals surface area contributed by atoms with E-state index in [1.54, 1.807) is 0 Å². The first-order valence-corrected chi connectivity index (χ1v) is 9.57. The summed E-state index contributed by atoms with van der Waals surface area (Å²) in [6, 6.07) is 13.0. The summed E-state index contributed by atoms with van der Waals surface area (Å²) >= 11 is 0. The quantitative estimate of drug-likeness (QED) is 0.716. The monoisotopic (exact) mass is 396 g/mol. The van der Waals surface area contributed by atoms with Gasteiger partial charge in [0, 0.05) is 30.0 Å². The van der Waals surface area contributed by atoms with Gasteiger partial charge in [-0.2, -0.15) is 4.68 Å². The van der Waals surface area contributed by atoms with Gasteiger partial charge < -0.3 is 14.6 Å². The SMILES string of the molecule is O=C(Cn1nc(-c2ccc(F)cc2)oc1=O)Nc1ccc(N2CCCCC2)cc1. The third kappa shape index (κ3) is 4.53. The zero-order chi connectivity index (χ0) is 20.2. The summed E-state index contributed by atoms with van der Waals surface area (Å²) < 4.78 is 19.0. The van der Waals surface area contributed by atoms with Gasteiger partial charge in [-0.15, -0.1) is 5.10 Å². The van der Waals surface area contributed by atoms with Crippen LogP contribution in [-0.4, -0.2) is 28.8 Å². The van der Waals surface area contributed by atoms with Gasteiger partial charge in [-0.05, 0) is 67.8 Å². The van der Waals surface area contributed by atoms with Crippen LogP contribution in [0.25, 0.3) is 11.5 Å². The van der Waals surface area contributed by atoms with Gasteiger partial charge in [-0.1, -0.05) is 0 Å². The molecule has 1 N–H and O–H groups in total. The Bertz CT molecular complexity index is 1040. The molecular formula is C21H21FN4O3. The molecule has 0 aliphatic carbocycles. The highest BCUT2D eigenvalue weighted by Crippen LogP contribution is 2.22. The van der Waals surface area contributed by atoms with E-state index < -0.39 is 17.5 Å². The minimum Gasteiger partial charge on any atom is -0.388 e. The lowest BCUT2D eigenvalue weighted by Crippen LogP contribution is -2.29. The molecule has 0 atom stereocenters. The van der Waals surface area contributed by atoms with Crippen molar-refractivity contribution in [3.8, 4) is 11.5 Å². The van der Waals surface area contributed by atoms with Crippen molar-refractivity contribution in [2.45, 2.75) is 25.8 Å². The van der Waals surface area contributed by atoms with E-state index in [1.165, 1.54) is 43.5 Å². The van der Waals surface area contributed by atoms with Crippen LogP contribution in [0.3, 0.4) is 0 Å². The number of amides is 1. The number of piperidine rings is 1. The lowest BCUT2D eigenvalue weighted by Gasteiger charge is -2.28. The van der Waals surface area contributed by atoms with E-state index in [-0.39, 0.29) is 12.4 Å². The van der Waals surface area contributed by atoms with Gasteiger partial charge in [0.15, 0.2) is 0 Å². The number of hydrogen-bond donors (Lipinski definition) is 1. The third-order valence-electron chi connectivity index (χ3n) is 4.86. The van der Waals surface area contributed by atoms with E-state index in [0.29, 0.717) is 11.3 Å². The molecule has 0 spiro atoms. The van der Waals surface area contributed by atoms with Crippen LogP contribution in [0.1, 0.15) is 19.3 Å². The van der Waals surface area contributed by atoms with Crippen LogP contribution >= 0.6 is 0 Å². The molecule has 0 bridgehead atoms. The fourth-order valence-electron chi connectivity index (χ4n) is 3.36. The van der Waals surface area contributed by atoms with Crippen molar-refractivity contribution in [1.82, 2.24) is 9.78 Å². The van der Waals surface area contributed by atoms with Crippen LogP contribution in [0, 0.1) is 5.82 Å². The maximum atomic E-state index is 13.0. The molecule has 7 nitrogen and oxygen atoms in total. The molecule has 1 fully saturated rings.